The van der Waals surface area contributed by atoms with Crippen LogP contribution in [-0.4, -0.2) is 81.5 Å². The van der Waals surface area contributed by atoms with Crippen LogP contribution in [0.1, 0.15) is 101 Å². The lowest BCUT2D eigenvalue weighted by Gasteiger charge is -2.29. The summed E-state index contributed by atoms with van der Waals surface area (Å²) in [7, 11) is 0. The first-order chi connectivity index (χ1) is 28.8. The Balaban J connectivity index is 0.746. The Morgan fingerprint density at radius 1 is 1.00 bits per heavy atom. The van der Waals surface area contributed by atoms with Crippen molar-refractivity contribution >= 4 is 34.9 Å². The quantitative estimate of drug-likeness (QED) is 0.0726. The highest BCUT2D eigenvalue weighted by Crippen LogP contribution is 2.35. The minimum absolute atomic E-state index is 0.00170. The van der Waals surface area contributed by atoms with Crippen molar-refractivity contribution in [2.45, 2.75) is 76.7 Å². The number of anilines is 2. The number of nitrogens with one attached hydrogen (secondary N) is 3. The molecule has 8 rings (SSSR count). The van der Waals surface area contributed by atoms with Crippen LogP contribution in [0.4, 0.5) is 20.3 Å². The Bertz CT molecular complexity index is 2280. The van der Waals surface area contributed by atoms with Crippen molar-refractivity contribution in [2.75, 3.05) is 49.6 Å². The lowest BCUT2D eigenvalue weighted by molar-refractivity contribution is -0.119. The number of aryl methyl sites for hydroxylation is 1. The number of carbonyl (C=O) groups is 3. The smallest absolute Gasteiger partial charge is 0.284 e. The number of benzene rings is 2. The van der Waals surface area contributed by atoms with Crippen LogP contribution >= 0.6 is 0 Å². The van der Waals surface area contributed by atoms with Crippen LogP contribution in [0.3, 0.4) is 0 Å². The van der Waals surface area contributed by atoms with Gasteiger partial charge in [-0.1, -0.05) is 37.1 Å². The summed E-state index contributed by atoms with van der Waals surface area (Å²) < 4.78 is 43.0. The fraction of sp³-hybridized carbons (Fsp3) is 0.442. The number of nitrogens with zero attached hydrogens (tertiary/aromatic N) is 6. The number of amides is 3. The second-order valence-electron chi connectivity index (χ2n) is 15.5. The second-order valence-corrected chi connectivity index (χ2v) is 15.5. The molecule has 3 N–H and O–H groups in total. The van der Waals surface area contributed by atoms with E-state index in [0.29, 0.717) is 66.3 Å². The third kappa shape index (κ3) is 9.60. The number of imide groups is 1. The van der Waals surface area contributed by atoms with Crippen LogP contribution in [0.2, 0.25) is 0 Å². The summed E-state index contributed by atoms with van der Waals surface area (Å²) in [5.74, 6) is 1.00. The standard InChI is InChI=1S/C43H49F2N9O5/c44-40(45)39-34(48-42(56)33-26-47-53-18-16-36(49-41(33)53)52-19-21-58-22-20-52)27-54(51-39)31-14-12-29(13-15-31)25-46-17-4-2-1-3-7-28-8-5-10-32(23-28)59-35-11-6-9-30-24-37(55)50-43(57)38(30)35/h5-6,8-11,16,18,23,26-27,29,31,40,46H,1-4,7,12-15,17,19-22,24-25H2,(H,48,56)(H,50,55,57). The van der Waals surface area contributed by atoms with Crippen molar-refractivity contribution in [1.82, 2.24) is 35.0 Å². The van der Waals surface area contributed by atoms with E-state index >= 15 is 0 Å². The molecule has 16 heteroatoms. The molecule has 2 aliphatic heterocycles. The molecule has 3 aliphatic rings. The molecule has 14 nitrogen and oxygen atoms in total. The maximum atomic E-state index is 14.2. The average molecular weight is 810 g/mol. The van der Waals surface area contributed by atoms with E-state index in [0.717, 1.165) is 70.9 Å². The molecular weight excluding hydrogens is 761 g/mol. The summed E-state index contributed by atoms with van der Waals surface area (Å²) in [4.78, 5) is 44.4. The first kappa shape index (κ1) is 40.1. The van der Waals surface area contributed by atoms with Gasteiger partial charge < -0.3 is 25.0 Å². The number of halogens is 2. The van der Waals surface area contributed by atoms with E-state index in [1.807, 2.05) is 24.3 Å². The van der Waals surface area contributed by atoms with E-state index < -0.39 is 23.9 Å². The van der Waals surface area contributed by atoms with Crippen molar-refractivity contribution < 1.29 is 32.6 Å². The van der Waals surface area contributed by atoms with E-state index in [-0.39, 0.29) is 29.6 Å². The van der Waals surface area contributed by atoms with Crippen molar-refractivity contribution in [3.05, 3.63) is 95.1 Å². The van der Waals surface area contributed by atoms with Gasteiger partial charge >= 0.3 is 0 Å². The number of alkyl halides is 2. The van der Waals surface area contributed by atoms with Gasteiger partial charge in [0.2, 0.25) is 5.91 Å². The normalized spacial score (nSPS) is 18.3. The number of hydrogen-bond acceptors (Lipinski definition) is 10. The predicted molar refractivity (Wildman–Crippen MR) is 216 cm³/mol. The van der Waals surface area contributed by atoms with Gasteiger partial charge in [0.25, 0.3) is 18.2 Å². The van der Waals surface area contributed by atoms with Gasteiger partial charge in [0.05, 0.1) is 43.1 Å². The number of fused-ring (bicyclic) bond motifs is 2. The molecule has 0 atom stereocenters. The van der Waals surface area contributed by atoms with Gasteiger partial charge in [0, 0.05) is 25.5 Å². The third-order valence-electron chi connectivity index (χ3n) is 11.4. The lowest BCUT2D eigenvalue weighted by atomic mass is 9.86. The van der Waals surface area contributed by atoms with Crippen molar-refractivity contribution in [1.29, 1.82) is 0 Å². The minimum atomic E-state index is -2.85. The molecule has 59 heavy (non-hydrogen) atoms. The van der Waals surface area contributed by atoms with Crippen molar-refractivity contribution in [3.63, 3.8) is 0 Å². The SMILES string of the molecule is O=C1Cc2cccc(Oc3cccc(CCCCCCNCC4CCC(n5cc(NC(=O)c6cnn7ccc(N8CCOCC8)nc67)c(C(F)F)n5)CC4)c3)c2C(=O)N1. The zero-order chi connectivity index (χ0) is 40.7. The largest absolute Gasteiger partial charge is 0.457 e. The van der Waals surface area contributed by atoms with Crippen molar-refractivity contribution in [3.8, 4) is 11.5 Å². The Kier molecular flexibility index (Phi) is 12.5. The minimum Gasteiger partial charge on any atom is -0.457 e. The van der Waals surface area contributed by atoms with Gasteiger partial charge in [-0.05, 0) is 99.3 Å². The van der Waals surface area contributed by atoms with Crippen LogP contribution in [-0.2, 0) is 22.4 Å². The molecule has 0 radical (unpaired) electrons. The lowest BCUT2D eigenvalue weighted by Crippen LogP contribution is -2.37. The van der Waals surface area contributed by atoms with Gasteiger partial charge in [-0.3, -0.25) is 24.4 Å². The van der Waals surface area contributed by atoms with E-state index in [2.05, 4.69) is 42.1 Å². The third-order valence-corrected chi connectivity index (χ3v) is 11.4. The number of rotatable bonds is 16. The van der Waals surface area contributed by atoms with Crippen molar-refractivity contribution in [2.24, 2.45) is 5.92 Å². The Morgan fingerprint density at radius 2 is 1.81 bits per heavy atom. The molecule has 5 heterocycles. The molecular formula is C43H49F2N9O5. The number of ether oxygens (including phenoxy) is 2. The van der Waals surface area contributed by atoms with Gasteiger partial charge in [-0.15, -0.1) is 0 Å². The topological polar surface area (TPSA) is 157 Å². The molecule has 2 aromatic carbocycles. The average Bonchev–Trinajstić information content (AvgIpc) is 3.87. The molecule has 310 valence electrons. The van der Waals surface area contributed by atoms with Crippen LogP contribution in [0, 0.1) is 5.92 Å². The second kappa shape index (κ2) is 18.5. The highest BCUT2D eigenvalue weighted by Gasteiger charge is 2.29. The maximum absolute atomic E-state index is 14.2. The molecule has 2 fully saturated rings. The van der Waals surface area contributed by atoms with E-state index in [9.17, 15) is 23.2 Å². The summed E-state index contributed by atoms with van der Waals surface area (Å²) in [6.45, 7) is 4.41. The predicted octanol–water partition coefficient (Wildman–Crippen LogP) is 6.68. The molecule has 0 unspecified atom stereocenters. The fourth-order valence-corrected chi connectivity index (χ4v) is 8.24. The molecule has 1 saturated carbocycles. The Labute approximate surface area is 340 Å². The summed E-state index contributed by atoms with van der Waals surface area (Å²) in [5.41, 5.74) is 2.34. The first-order valence-electron chi connectivity index (χ1n) is 20.6. The molecule has 3 amide bonds. The van der Waals surface area contributed by atoms with E-state index in [1.165, 1.54) is 22.5 Å². The number of unbranched alkanes of at least 4 members (excludes halogenated alkanes) is 3. The number of hydrogen-bond donors (Lipinski definition) is 3. The summed E-state index contributed by atoms with van der Waals surface area (Å²) in [6.07, 6.45) is 10.8. The van der Waals surface area contributed by atoms with Crippen LogP contribution in [0.25, 0.3) is 5.65 Å². The van der Waals surface area contributed by atoms with Crippen LogP contribution in [0.15, 0.2) is 67.1 Å². The molecule has 1 aliphatic carbocycles. The molecule has 1 saturated heterocycles. The molecule has 0 bridgehead atoms. The summed E-state index contributed by atoms with van der Waals surface area (Å²) in [5, 5.41) is 17.2. The maximum Gasteiger partial charge on any atom is 0.284 e. The zero-order valence-corrected chi connectivity index (χ0v) is 32.9. The van der Waals surface area contributed by atoms with Crippen LogP contribution < -0.4 is 25.6 Å². The highest BCUT2D eigenvalue weighted by molar-refractivity contribution is 6.11. The summed E-state index contributed by atoms with van der Waals surface area (Å²) in [6, 6.07) is 15.1. The number of morpholine rings is 1. The van der Waals surface area contributed by atoms with Crippen LogP contribution in [0.5, 0.6) is 11.5 Å². The fourth-order valence-electron chi connectivity index (χ4n) is 8.24. The molecule has 5 aromatic rings. The monoisotopic (exact) mass is 809 g/mol. The molecule has 3 aromatic heterocycles. The van der Waals surface area contributed by atoms with Gasteiger partial charge in [0.15, 0.2) is 11.3 Å². The number of aromatic nitrogens is 5. The highest BCUT2D eigenvalue weighted by atomic mass is 19.3. The summed E-state index contributed by atoms with van der Waals surface area (Å²) >= 11 is 0. The number of carbonyl (C=O) groups excluding carboxylic acids is 3. The van der Waals surface area contributed by atoms with Gasteiger partial charge in [-0.2, -0.15) is 10.2 Å². The van der Waals surface area contributed by atoms with Gasteiger partial charge in [0.1, 0.15) is 22.9 Å². The van der Waals surface area contributed by atoms with E-state index in [1.54, 1.807) is 29.1 Å². The molecule has 0 spiro atoms. The first-order valence-corrected chi connectivity index (χ1v) is 20.6. The Hall–Kier alpha value is -5.74. The Morgan fingerprint density at radius 3 is 2.64 bits per heavy atom. The van der Waals surface area contributed by atoms with E-state index in [4.69, 9.17) is 9.47 Å². The van der Waals surface area contributed by atoms with Gasteiger partial charge in [-0.25, -0.2) is 18.3 Å². The zero-order valence-electron chi connectivity index (χ0n) is 32.9.